The van der Waals surface area contributed by atoms with Crippen molar-refractivity contribution in [3.63, 3.8) is 0 Å². The molecule has 116 valence electrons. The lowest BCUT2D eigenvalue weighted by molar-refractivity contribution is -0.160. The molecule has 1 unspecified atom stereocenters. The summed E-state index contributed by atoms with van der Waals surface area (Å²) in [4.78, 5) is 34.6. The molecule has 0 aromatic carbocycles. The monoisotopic (exact) mass is 287 g/mol. The van der Waals surface area contributed by atoms with Gasteiger partial charge in [-0.15, -0.1) is 0 Å². The lowest BCUT2D eigenvalue weighted by Crippen LogP contribution is -2.53. The molecule has 0 aliphatic heterocycles. The van der Waals surface area contributed by atoms with Crippen LogP contribution in [-0.2, 0) is 14.3 Å². The van der Waals surface area contributed by atoms with Gasteiger partial charge in [0.2, 0.25) is 5.91 Å². The summed E-state index contributed by atoms with van der Waals surface area (Å²) in [6, 6.07) is -2.40. The first-order chi connectivity index (χ1) is 8.94. The van der Waals surface area contributed by atoms with E-state index in [4.69, 9.17) is 10.5 Å². The number of hydrogen-bond donors (Lipinski definition) is 3. The zero-order valence-electron chi connectivity index (χ0n) is 12.9. The van der Waals surface area contributed by atoms with Crippen LogP contribution in [0.25, 0.3) is 0 Å². The van der Waals surface area contributed by atoms with Gasteiger partial charge in [0.1, 0.15) is 17.7 Å². The van der Waals surface area contributed by atoms with Crippen LogP contribution in [0.5, 0.6) is 0 Å². The highest BCUT2D eigenvalue weighted by Crippen LogP contribution is 2.12. The van der Waals surface area contributed by atoms with Crippen molar-refractivity contribution in [1.29, 1.82) is 0 Å². The molecule has 0 spiro atoms. The Bertz CT molecular complexity index is 374. The molecule has 0 aliphatic carbocycles. The second kappa shape index (κ2) is 7.12. The number of ether oxygens (including phenoxy) is 1. The zero-order chi connectivity index (χ0) is 16.1. The van der Waals surface area contributed by atoms with Gasteiger partial charge in [-0.25, -0.2) is 9.59 Å². The molecule has 7 nitrogen and oxygen atoms in total. The molecule has 0 bridgehead atoms. The Morgan fingerprint density at radius 3 is 1.90 bits per heavy atom. The molecule has 20 heavy (non-hydrogen) atoms. The lowest BCUT2D eigenvalue weighted by Gasteiger charge is -2.27. The van der Waals surface area contributed by atoms with E-state index in [9.17, 15) is 14.4 Å². The number of primary amides is 1. The number of urea groups is 1. The van der Waals surface area contributed by atoms with Crippen LogP contribution < -0.4 is 16.4 Å². The Balaban J connectivity index is 4.74. The average Bonchev–Trinajstić information content (AvgIpc) is 2.21. The summed E-state index contributed by atoms with van der Waals surface area (Å²) in [5.41, 5.74) is 4.31. The Hall–Kier alpha value is -1.79. The third-order valence-corrected chi connectivity index (χ3v) is 2.38. The van der Waals surface area contributed by atoms with Crippen LogP contribution in [0.4, 0.5) is 4.79 Å². The highest BCUT2D eigenvalue weighted by atomic mass is 16.6. The molecule has 0 aromatic heterocycles. The van der Waals surface area contributed by atoms with Crippen molar-refractivity contribution in [2.45, 2.75) is 59.2 Å². The Morgan fingerprint density at radius 2 is 1.55 bits per heavy atom. The molecule has 4 N–H and O–H groups in total. The van der Waals surface area contributed by atoms with E-state index in [1.165, 1.54) is 6.92 Å². The van der Waals surface area contributed by atoms with Crippen LogP contribution in [-0.4, -0.2) is 35.6 Å². The molecule has 0 saturated carbocycles. The van der Waals surface area contributed by atoms with Gasteiger partial charge >= 0.3 is 12.0 Å². The maximum Gasteiger partial charge on any atom is 0.329 e. The van der Waals surface area contributed by atoms with Crippen LogP contribution >= 0.6 is 0 Å². The molecule has 7 heteroatoms. The molecule has 0 aliphatic rings. The Kier molecular flexibility index (Phi) is 6.48. The fourth-order valence-electron chi connectivity index (χ4n) is 1.42. The van der Waals surface area contributed by atoms with E-state index in [0.717, 1.165) is 0 Å². The largest absolute Gasteiger partial charge is 0.458 e. The first-order valence-electron chi connectivity index (χ1n) is 6.53. The molecule has 0 radical (unpaired) electrons. The van der Waals surface area contributed by atoms with Crippen molar-refractivity contribution in [2.24, 2.45) is 11.7 Å². The van der Waals surface area contributed by atoms with Gasteiger partial charge in [-0.1, -0.05) is 13.8 Å². The summed E-state index contributed by atoms with van der Waals surface area (Å²) in [7, 11) is 0. The third kappa shape index (κ3) is 6.96. The summed E-state index contributed by atoms with van der Waals surface area (Å²) in [6.45, 7) is 10.3. The van der Waals surface area contributed by atoms with Crippen LogP contribution in [0.2, 0.25) is 0 Å². The number of hydrogen-bond acceptors (Lipinski definition) is 4. The Morgan fingerprint density at radius 1 is 1.05 bits per heavy atom. The smallest absolute Gasteiger partial charge is 0.329 e. The number of rotatable bonds is 5. The first kappa shape index (κ1) is 18.2. The fraction of sp³-hybridized carbons (Fsp3) is 0.769. The summed E-state index contributed by atoms with van der Waals surface area (Å²) in [5, 5.41) is 4.81. The topological polar surface area (TPSA) is 111 Å². The second-order valence-electron chi connectivity index (χ2n) is 5.99. The molecule has 0 fully saturated rings. The van der Waals surface area contributed by atoms with Gasteiger partial charge in [-0.05, 0) is 33.6 Å². The normalized spacial score (nSPS) is 14.3. The van der Waals surface area contributed by atoms with Crippen LogP contribution in [0.1, 0.15) is 41.5 Å². The van der Waals surface area contributed by atoms with Crippen molar-refractivity contribution >= 4 is 17.9 Å². The fourth-order valence-corrected chi connectivity index (χ4v) is 1.42. The number of carbonyl (C=O) groups is 3. The predicted octanol–water partition coefficient (Wildman–Crippen LogP) is 0.526. The molecule has 0 rings (SSSR count). The van der Waals surface area contributed by atoms with Gasteiger partial charge in [0.05, 0.1) is 0 Å². The van der Waals surface area contributed by atoms with Crippen molar-refractivity contribution < 1.29 is 19.1 Å². The van der Waals surface area contributed by atoms with Crippen LogP contribution in [0.15, 0.2) is 0 Å². The number of nitrogens with two attached hydrogens (primary N) is 1. The lowest BCUT2D eigenvalue weighted by atomic mass is 10.0. The van der Waals surface area contributed by atoms with Crippen molar-refractivity contribution in [2.75, 3.05) is 0 Å². The molecule has 2 atom stereocenters. The first-order valence-corrected chi connectivity index (χ1v) is 6.53. The van der Waals surface area contributed by atoms with E-state index in [1.807, 2.05) is 0 Å². The number of esters is 1. The standard InChI is InChI=1S/C13H25N3O4/c1-7(2)9(11(18)20-13(4,5)6)16-10(17)8(3)15-12(14)19/h7-9H,1-6H3,(H,16,17)(H3,14,15,19)/t8?,9-/m0/s1. The average molecular weight is 287 g/mol. The summed E-state index contributed by atoms with van der Waals surface area (Å²) in [6.07, 6.45) is 0. The van der Waals surface area contributed by atoms with Crippen molar-refractivity contribution in [3.8, 4) is 0 Å². The highest BCUT2D eigenvalue weighted by molar-refractivity contribution is 5.90. The molecular weight excluding hydrogens is 262 g/mol. The van der Waals surface area contributed by atoms with E-state index in [2.05, 4.69) is 10.6 Å². The van der Waals surface area contributed by atoms with Crippen molar-refractivity contribution in [3.05, 3.63) is 0 Å². The summed E-state index contributed by atoms with van der Waals surface area (Å²) < 4.78 is 5.26. The SMILES string of the molecule is CC(NC(N)=O)C(=O)N[C@H](C(=O)OC(C)(C)C)C(C)C. The summed E-state index contributed by atoms with van der Waals surface area (Å²) in [5.74, 6) is -1.14. The maximum absolute atomic E-state index is 12.0. The number of nitrogens with one attached hydrogen (secondary N) is 2. The van der Waals surface area contributed by atoms with Gasteiger partial charge in [-0.2, -0.15) is 0 Å². The quantitative estimate of drug-likeness (QED) is 0.640. The molecular formula is C13H25N3O4. The molecule has 3 amide bonds. The van der Waals surface area contributed by atoms with Gasteiger partial charge < -0.3 is 21.1 Å². The van der Waals surface area contributed by atoms with E-state index >= 15 is 0 Å². The second-order valence-corrected chi connectivity index (χ2v) is 5.99. The number of amides is 3. The van der Waals surface area contributed by atoms with Gasteiger partial charge in [-0.3, -0.25) is 4.79 Å². The minimum atomic E-state index is -0.823. The summed E-state index contributed by atoms with van der Waals surface area (Å²) >= 11 is 0. The van der Waals surface area contributed by atoms with Gasteiger partial charge in [0, 0.05) is 0 Å². The third-order valence-electron chi connectivity index (χ3n) is 2.38. The predicted molar refractivity (Wildman–Crippen MR) is 74.8 cm³/mol. The molecule has 0 aromatic rings. The van der Waals surface area contributed by atoms with Gasteiger partial charge in [0.15, 0.2) is 0 Å². The van der Waals surface area contributed by atoms with Crippen LogP contribution in [0, 0.1) is 5.92 Å². The van der Waals surface area contributed by atoms with Crippen molar-refractivity contribution in [1.82, 2.24) is 10.6 Å². The van der Waals surface area contributed by atoms with Gasteiger partial charge in [0.25, 0.3) is 0 Å². The zero-order valence-corrected chi connectivity index (χ0v) is 12.9. The van der Waals surface area contributed by atoms with E-state index in [1.54, 1.807) is 34.6 Å². The highest BCUT2D eigenvalue weighted by Gasteiger charge is 2.30. The van der Waals surface area contributed by atoms with Crippen LogP contribution in [0.3, 0.4) is 0 Å². The van der Waals surface area contributed by atoms with E-state index in [-0.39, 0.29) is 5.92 Å². The van der Waals surface area contributed by atoms with E-state index < -0.39 is 35.6 Å². The molecule has 0 heterocycles. The number of carbonyl (C=O) groups excluding carboxylic acids is 3. The molecule has 0 saturated heterocycles. The Labute approximate surface area is 119 Å². The minimum Gasteiger partial charge on any atom is -0.458 e. The minimum absolute atomic E-state index is 0.144. The van der Waals surface area contributed by atoms with E-state index in [0.29, 0.717) is 0 Å². The maximum atomic E-state index is 12.0.